The fraction of sp³-hybridized carbons (Fsp3) is 0.364. The van der Waals surface area contributed by atoms with Crippen LogP contribution in [0.15, 0.2) is 24.3 Å². The van der Waals surface area contributed by atoms with E-state index in [4.69, 9.17) is 10.1 Å². The van der Waals surface area contributed by atoms with Gasteiger partial charge < -0.3 is 5.73 Å². The fourth-order valence-electron chi connectivity index (χ4n) is 3.91. The lowest BCUT2D eigenvalue weighted by Gasteiger charge is -2.26. The summed E-state index contributed by atoms with van der Waals surface area (Å²) in [5, 5.41) is 1.32. The topological polar surface area (TPSA) is 51.8 Å². The summed E-state index contributed by atoms with van der Waals surface area (Å²) >= 11 is 2.52. The number of nitrogen functional groups attached to an aromatic ring is 1. The largest absolute Gasteiger partial charge is 0.375 e. The van der Waals surface area contributed by atoms with E-state index in [1.165, 1.54) is 17.1 Å². The Morgan fingerprint density at radius 2 is 1.76 bits per heavy atom. The highest BCUT2D eigenvalue weighted by Crippen LogP contribution is 2.41. The average molecular weight is 432 g/mol. The lowest BCUT2D eigenvalue weighted by atomic mass is 9.78. The number of nitrogens with zero attached hydrogens (tertiary/aromatic N) is 2. The molecule has 3 nitrogen and oxygen atoms in total. The van der Waals surface area contributed by atoms with Gasteiger partial charge in [-0.05, 0) is 22.5 Å². The van der Waals surface area contributed by atoms with Crippen molar-refractivity contribution in [2.45, 2.75) is 51.9 Å². The molecular weight excluding hydrogens is 408 g/mol. The van der Waals surface area contributed by atoms with Gasteiger partial charge in [-0.25, -0.2) is 13.8 Å². The second-order valence-corrected chi connectivity index (χ2v) is 10.9. The number of thiazole rings is 1. The minimum Gasteiger partial charge on any atom is -0.375 e. The van der Waals surface area contributed by atoms with Gasteiger partial charge in [-0.15, -0.1) is 0 Å². The molecule has 2 aromatic carbocycles. The van der Waals surface area contributed by atoms with E-state index in [-0.39, 0.29) is 10.5 Å². The Labute approximate surface area is 176 Å². The van der Waals surface area contributed by atoms with E-state index >= 15 is 0 Å². The minimum absolute atomic E-state index is 0.00613. The Hall–Kier alpha value is -2.12. The van der Waals surface area contributed by atoms with Gasteiger partial charge in [-0.2, -0.15) is 4.37 Å². The number of hydrogen-bond acceptors (Lipinski definition) is 5. The molecule has 0 radical (unpaired) electrons. The van der Waals surface area contributed by atoms with Crippen molar-refractivity contribution in [3.05, 3.63) is 52.7 Å². The molecule has 0 saturated heterocycles. The zero-order chi connectivity index (χ0) is 21.1. The van der Waals surface area contributed by atoms with Crippen molar-refractivity contribution in [3.8, 4) is 0 Å². The van der Waals surface area contributed by atoms with Gasteiger partial charge in [-0.1, -0.05) is 64.2 Å². The van der Waals surface area contributed by atoms with E-state index in [1.807, 2.05) is 19.9 Å². The molecule has 2 N–H and O–H groups in total. The van der Waals surface area contributed by atoms with Gasteiger partial charge in [0, 0.05) is 28.9 Å². The van der Waals surface area contributed by atoms with Crippen molar-refractivity contribution >= 4 is 48.3 Å². The van der Waals surface area contributed by atoms with Crippen molar-refractivity contribution in [1.82, 2.24) is 9.36 Å². The highest BCUT2D eigenvalue weighted by atomic mass is 32.1. The van der Waals surface area contributed by atoms with Crippen LogP contribution < -0.4 is 5.73 Å². The second-order valence-electron chi connectivity index (χ2n) is 9.07. The van der Waals surface area contributed by atoms with Crippen LogP contribution in [0.3, 0.4) is 0 Å². The zero-order valence-electron chi connectivity index (χ0n) is 17.1. The zero-order valence-corrected chi connectivity index (χ0v) is 18.7. The normalized spacial score (nSPS) is 12.9. The number of rotatable bonds is 3. The lowest BCUT2D eigenvalue weighted by Crippen LogP contribution is -2.23. The maximum atomic E-state index is 14.9. The quantitative estimate of drug-likeness (QED) is 0.398. The molecule has 0 aliphatic carbocycles. The summed E-state index contributed by atoms with van der Waals surface area (Å²) in [5.74, 6) is -1.22. The first-order valence-electron chi connectivity index (χ1n) is 9.41. The van der Waals surface area contributed by atoms with Crippen LogP contribution in [0, 0.1) is 11.6 Å². The van der Waals surface area contributed by atoms with E-state index in [0.29, 0.717) is 22.2 Å². The van der Waals surface area contributed by atoms with Crippen molar-refractivity contribution in [2.24, 2.45) is 0 Å². The third-order valence-corrected chi connectivity index (χ3v) is 7.08. The number of aromatic nitrogens is 2. The molecule has 0 spiro atoms. The Kier molecular flexibility index (Phi) is 4.66. The third kappa shape index (κ3) is 3.40. The number of benzene rings is 2. The first-order valence-corrected chi connectivity index (χ1v) is 11.0. The molecule has 2 heterocycles. The summed E-state index contributed by atoms with van der Waals surface area (Å²) in [5.41, 5.74) is 8.02. The molecule has 29 heavy (non-hydrogen) atoms. The van der Waals surface area contributed by atoms with Gasteiger partial charge in [0.2, 0.25) is 0 Å². The number of halogens is 2. The van der Waals surface area contributed by atoms with Gasteiger partial charge in [-0.3, -0.25) is 0 Å². The molecule has 0 bridgehead atoms. The highest BCUT2D eigenvalue weighted by Gasteiger charge is 2.32. The maximum Gasteiger partial charge on any atom is 0.181 e. The molecular formula is C22H23F2N3S2. The van der Waals surface area contributed by atoms with E-state index in [2.05, 4.69) is 37.9 Å². The average Bonchev–Trinajstić information content (AvgIpc) is 3.17. The molecule has 0 saturated carbocycles. The van der Waals surface area contributed by atoms with E-state index < -0.39 is 17.0 Å². The third-order valence-electron chi connectivity index (χ3n) is 5.26. The number of hydrogen-bond donors (Lipinski definition) is 1. The minimum atomic E-state index is -0.644. The van der Waals surface area contributed by atoms with Crippen LogP contribution in [0.25, 0.3) is 20.3 Å². The highest BCUT2D eigenvalue weighted by molar-refractivity contribution is 7.22. The maximum absolute atomic E-state index is 14.9. The monoisotopic (exact) mass is 431 g/mol. The summed E-state index contributed by atoms with van der Waals surface area (Å²) in [7, 11) is 0. The number of nitrogens with two attached hydrogens (primary N) is 1. The SMILES string of the molecule is CC(C)(C)c1cccc2c(CC(C)(C)c3c(F)cc(F)c4sc(N)nc34)nsc12. The summed E-state index contributed by atoms with van der Waals surface area (Å²) in [4.78, 5) is 4.24. The summed E-state index contributed by atoms with van der Waals surface area (Å²) in [6, 6.07) is 7.19. The van der Waals surface area contributed by atoms with Crippen molar-refractivity contribution < 1.29 is 8.78 Å². The van der Waals surface area contributed by atoms with Gasteiger partial charge in [0.15, 0.2) is 5.13 Å². The molecule has 0 aliphatic heterocycles. The molecule has 4 rings (SSSR count). The van der Waals surface area contributed by atoms with E-state index in [1.54, 1.807) is 0 Å². The standard InChI is InChI=1S/C22H23F2N3S2/c1-21(2,3)12-8-6-7-11-15(27-29-18(11)12)10-22(4,5)16-13(23)9-14(24)19-17(16)26-20(25)28-19/h6-9H,10H2,1-5H3,(H2,25,26). The number of fused-ring (bicyclic) bond motifs is 2. The first-order chi connectivity index (χ1) is 13.5. The molecule has 7 heteroatoms. The molecule has 0 amide bonds. The Morgan fingerprint density at radius 3 is 2.45 bits per heavy atom. The van der Waals surface area contributed by atoms with Crippen LogP contribution in [-0.2, 0) is 17.3 Å². The number of anilines is 1. The van der Waals surface area contributed by atoms with Gasteiger partial charge in [0.25, 0.3) is 0 Å². The van der Waals surface area contributed by atoms with Crippen LogP contribution >= 0.6 is 22.9 Å². The molecule has 4 aromatic rings. The van der Waals surface area contributed by atoms with Gasteiger partial charge in [0.1, 0.15) is 11.6 Å². The van der Waals surface area contributed by atoms with Crippen molar-refractivity contribution in [2.75, 3.05) is 5.73 Å². The predicted octanol–water partition coefficient (Wildman–Crippen LogP) is 6.58. The van der Waals surface area contributed by atoms with Crippen LogP contribution in [0.5, 0.6) is 0 Å². The van der Waals surface area contributed by atoms with Crippen LogP contribution in [0.4, 0.5) is 13.9 Å². The first kappa shape index (κ1) is 20.2. The summed E-state index contributed by atoms with van der Waals surface area (Å²) in [6.07, 6.45) is 0.510. The van der Waals surface area contributed by atoms with Crippen LogP contribution in [0.2, 0.25) is 0 Å². The molecule has 0 aliphatic rings. The van der Waals surface area contributed by atoms with Crippen molar-refractivity contribution in [1.29, 1.82) is 0 Å². The summed E-state index contributed by atoms with van der Waals surface area (Å²) in [6.45, 7) is 10.4. The Morgan fingerprint density at radius 1 is 1.03 bits per heavy atom. The Balaban J connectivity index is 1.84. The second kappa shape index (κ2) is 6.71. The molecule has 0 unspecified atom stereocenters. The molecule has 2 aromatic heterocycles. The Bertz CT molecular complexity index is 1230. The smallest absolute Gasteiger partial charge is 0.181 e. The van der Waals surface area contributed by atoms with E-state index in [9.17, 15) is 8.78 Å². The van der Waals surface area contributed by atoms with Gasteiger partial charge >= 0.3 is 0 Å². The van der Waals surface area contributed by atoms with Crippen LogP contribution in [0.1, 0.15) is 51.4 Å². The predicted molar refractivity (Wildman–Crippen MR) is 119 cm³/mol. The van der Waals surface area contributed by atoms with E-state index in [0.717, 1.165) is 33.2 Å². The van der Waals surface area contributed by atoms with Crippen molar-refractivity contribution in [3.63, 3.8) is 0 Å². The molecule has 0 atom stereocenters. The molecule has 152 valence electrons. The van der Waals surface area contributed by atoms with Gasteiger partial charge in [0.05, 0.1) is 20.6 Å². The molecule has 0 fully saturated rings. The van der Waals surface area contributed by atoms with Crippen LogP contribution in [-0.4, -0.2) is 9.36 Å². The lowest BCUT2D eigenvalue weighted by molar-refractivity contribution is 0.479. The fourth-order valence-corrected chi connectivity index (χ4v) is 5.78. The summed E-state index contributed by atoms with van der Waals surface area (Å²) < 4.78 is 35.3.